The van der Waals surface area contributed by atoms with Gasteiger partial charge in [0, 0.05) is 38.3 Å². The molecule has 0 aliphatic rings. The van der Waals surface area contributed by atoms with E-state index >= 15 is 0 Å². The third-order valence-electron chi connectivity index (χ3n) is 10.2. The van der Waals surface area contributed by atoms with Gasteiger partial charge in [-0.05, 0) is 65.0 Å². The van der Waals surface area contributed by atoms with Crippen LogP contribution in [-0.2, 0) is 0 Å². The summed E-state index contributed by atoms with van der Waals surface area (Å²) in [5.41, 5.74) is 12.5. The van der Waals surface area contributed by atoms with Gasteiger partial charge in [0.1, 0.15) is 11.2 Å². The molecule has 0 atom stereocenters. The van der Waals surface area contributed by atoms with Crippen LogP contribution in [0.3, 0.4) is 0 Å². The van der Waals surface area contributed by atoms with Crippen molar-refractivity contribution in [1.82, 2.24) is 18.5 Å². The van der Waals surface area contributed by atoms with Crippen LogP contribution in [0.25, 0.3) is 93.7 Å². The Hall–Kier alpha value is -6.65. The normalized spacial score (nSPS) is 12.1. The lowest BCUT2D eigenvalue weighted by Crippen LogP contribution is -1.95. The Morgan fingerprint density at radius 3 is 1.69 bits per heavy atom. The number of para-hydroxylation sites is 4. The molecule has 0 N–H and O–H groups in total. The monoisotopic (exact) mass is 624 g/mol. The van der Waals surface area contributed by atoms with E-state index in [-0.39, 0.29) is 0 Å². The lowest BCUT2D eigenvalue weighted by molar-refractivity contribution is 1.15. The van der Waals surface area contributed by atoms with Gasteiger partial charge in [0.25, 0.3) is 0 Å². The summed E-state index contributed by atoms with van der Waals surface area (Å²) in [7, 11) is 0. The number of pyridine rings is 1. The predicted octanol–water partition coefficient (Wildman–Crippen LogP) is 11.5. The van der Waals surface area contributed by atoms with Crippen molar-refractivity contribution >= 4 is 71.2 Å². The topological polar surface area (TPSA) is 27.2 Å². The van der Waals surface area contributed by atoms with Crippen molar-refractivity contribution in [3.05, 3.63) is 170 Å². The van der Waals surface area contributed by atoms with Crippen molar-refractivity contribution in [2.75, 3.05) is 0 Å². The first-order valence-corrected chi connectivity index (χ1v) is 16.7. The Morgan fingerprint density at radius 1 is 0.347 bits per heavy atom. The van der Waals surface area contributed by atoms with Crippen molar-refractivity contribution < 1.29 is 0 Å². The summed E-state index contributed by atoms with van der Waals surface area (Å²) in [5, 5.41) is 7.32. The maximum Gasteiger partial charge on any atom is 0.165 e. The van der Waals surface area contributed by atoms with Gasteiger partial charge in [-0.1, -0.05) is 121 Å². The molecule has 4 aromatic heterocycles. The highest BCUT2D eigenvalue weighted by Gasteiger charge is 2.22. The highest BCUT2D eigenvalue weighted by molar-refractivity contribution is 6.18. The van der Waals surface area contributed by atoms with Gasteiger partial charge >= 0.3 is 0 Å². The molecule has 49 heavy (non-hydrogen) atoms. The molecule has 11 rings (SSSR count). The molecule has 228 valence electrons. The molecule has 0 fully saturated rings. The lowest BCUT2D eigenvalue weighted by atomic mass is 9.99. The van der Waals surface area contributed by atoms with Crippen LogP contribution in [0.4, 0.5) is 0 Å². The Bertz CT molecular complexity index is 3090. The Morgan fingerprint density at radius 2 is 0.918 bits per heavy atom. The minimum atomic E-state index is 0.962. The number of hydrogen-bond donors (Lipinski definition) is 0. The molecule has 0 spiro atoms. The molecular weight excluding hydrogens is 597 g/mol. The Balaban J connectivity index is 1.15. The van der Waals surface area contributed by atoms with Crippen molar-refractivity contribution in [2.24, 2.45) is 0 Å². The van der Waals surface area contributed by atoms with Crippen LogP contribution in [0.2, 0.25) is 0 Å². The van der Waals surface area contributed by atoms with Crippen LogP contribution in [0.5, 0.6) is 0 Å². The van der Waals surface area contributed by atoms with Crippen molar-refractivity contribution in [3.63, 3.8) is 0 Å². The summed E-state index contributed by atoms with van der Waals surface area (Å²) in [5.74, 6) is 0. The maximum atomic E-state index is 5.42. The van der Waals surface area contributed by atoms with Gasteiger partial charge in [-0.15, -0.1) is 0 Å². The van der Waals surface area contributed by atoms with Crippen molar-refractivity contribution in [1.29, 1.82) is 0 Å². The van der Waals surface area contributed by atoms with E-state index in [0.29, 0.717) is 0 Å². The second kappa shape index (κ2) is 9.93. The summed E-state index contributed by atoms with van der Waals surface area (Å²) in [6.45, 7) is 0. The molecule has 4 heteroatoms. The largest absolute Gasteiger partial charge is 0.309 e. The van der Waals surface area contributed by atoms with Crippen molar-refractivity contribution in [3.8, 4) is 22.5 Å². The molecular formula is C45H28N4. The first-order chi connectivity index (χ1) is 24.3. The summed E-state index contributed by atoms with van der Waals surface area (Å²) in [4.78, 5) is 5.42. The summed E-state index contributed by atoms with van der Waals surface area (Å²) >= 11 is 0. The van der Waals surface area contributed by atoms with Crippen LogP contribution in [0.1, 0.15) is 0 Å². The first kappa shape index (κ1) is 26.4. The predicted molar refractivity (Wildman–Crippen MR) is 204 cm³/mol. The fourth-order valence-electron chi connectivity index (χ4n) is 8.18. The number of fused-ring (bicyclic) bond motifs is 13. The van der Waals surface area contributed by atoms with Crippen molar-refractivity contribution in [2.45, 2.75) is 0 Å². The second-order valence-electron chi connectivity index (χ2n) is 12.8. The van der Waals surface area contributed by atoms with Gasteiger partial charge in [-0.2, -0.15) is 0 Å². The van der Waals surface area contributed by atoms with Crippen LogP contribution < -0.4 is 0 Å². The minimum Gasteiger partial charge on any atom is -0.309 e. The number of nitrogens with zero attached hydrogens (tertiary/aromatic N) is 4. The third-order valence-corrected chi connectivity index (χ3v) is 10.2. The van der Waals surface area contributed by atoms with Gasteiger partial charge in [-0.25, -0.2) is 4.98 Å². The molecule has 0 aliphatic carbocycles. The Labute approximate surface area is 281 Å². The smallest absolute Gasteiger partial charge is 0.165 e. The zero-order chi connectivity index (χ0) is 32.1. The van der Waals surface area contributed by atoms with E-state index < -0.39 is 0 Å². The maximum absolute atomic E-state index is 5.42. The summed E-state index contributed by atoms with van der Waals surface area (Å²) in [6, 6.07) is 61.1. The molecule has 0 unspecified atom stereocenters. The van der Waals surface area contributed by atoms with Gasteiger partial charge < -0.3 is 4.57 Å². The molecule has 0 aliphatic heterocycles. The average molecular weight is 625 g/mol. The number of hydrogen-bond acceptors (Lipinski definition) is 1. The van der Waals surface area contributed by atoms with E-state index in [1.807, 2.05) is 0 Å². The molecule has 11 aromatic rings. The Kier molecular flexibility index (Phi) is 5.35. The van der Waals surface area contributed by atoms with Crippen LogP contribution in [-0.4, -0.2) is 18.5 Å². The second-order valence-corrected chi connectivity index (χ2v) is 12.8. The molecule has 0 radical (unpaired) electrons. The van der Waals surface area contributed by atoms with E-state index in [0.717, 1.165) is 39.1 Å². The van der Waals surface area contributed by atoms with Gasteiger partial charge in [-0.3, -0.25) is 8.97 Å². The van der Waals surface area contributed by atoms with Crippen LogP contribution in [0, 0.1) is 0 Å². The van der Waals surface area contributed by atoms with E-state index in [9.17, 15) is 0 Å². The third kappa shape index (κ3) is 3.60. The fraction of sp³-hybridized carbons (Fsp3) is 0. The highest BCUT2D eigenvalue weighted by Crippen LogP contribution is 2.40. The zero-order valence-corrected chi connectivity index (χ0v) is 26.5. The highest BCUT2D eigenvalue weighted by atomic mass is 15.1. The van der Waals surface area contributed by atoms with E-state index in [1.165, 1.54) is 54.6 Å². The summed E-state index contributed by atoms with van der Waals surface area (Å²) in [6.07, 6.45) is 0. The number of imidazole rings is 1. The first-order valence-electron chi connectivity index (χ1n) is 16.7. The molecule has 4 heterocycles. The zero-order valence-electron chi connectivity index (χ0n) is 26.5. The number of aromatic nitrogens is 4. The number of benzene rings is 7. The van der Waals surface area contributed by atoms with Gasteiger partial charge in [0.05, 0.1) is 22.1 Å². The average Bonchev–Trinajstić information content (AvgIpc) is 3.83. The molecule has 0 saturated carbocycles. The minimum absolute atomic E-state index is 0.962. The van der Waals surface area contributed by atoms with Crippen LogP contribution >= 0.6 is 0 Å². The van der Waals surface area contributed by atoms with Gasteiger partial charge in [0.15, 0.2) is 5.65 Å². The SMILES string of the molecule is c1ccc(-n2c3ccccc3c3c(-c4ccc(-n5c6ccccc6c6c5nc5c7ccccc7c7ccccc7n56)cc4)cccc32)cc1. The lowest BCUT2D eigenvalue weighted by Gasteiger charge is -2.10. The summed E-state index contributed by atoms with van der Waals surface area (Å²) < 4.78 is 7.07. The van der Waals surface area contributed by atoms with Gasteiger partial charge in [0.2, 0.25) is 0 Å². The molecule has 7 aromatic carbocycles. The molecule has 0 saturated heterocycles. The van der Waals surface area contributed by atoms with E-state index in [4.69, 9.17) is 4.98 Å². The number of rotatable bonds is 3. The van der Waals surface area contributed by atoms with E-state index in [2.05, 4.69) is 183 Å². The molecule has 4 nitrogen and oxygen atoms in total. The molecule has 0 bridgehead atoms. The quantitative estimate of drug-likeness (QED) is 0.180. The molecule has 0 amide bonds. The fourth-order valence-corrected chi connectivity index (χ4v) is 8.18. The van der Waals surface area contributed by atoms with Crippen LogP contribution in [0.15, 0.2) is 170 Å². The standard InChI is InChI=1S/C45H28N4/c1-2-13-30(14-3-1)47-39-22-10-7-18-36(39)42-32(20-12-24-41(42)47)29-25-27-31(28-26-29)48-40-23-11-8-19-37(40)43-45(48)46-44-35-17-5-4-15-33(35)34-16-6-9-21-38(34)49(43)44/h1-28H. The van der Waals surface area contributed by atoms with E-state index in [1.54, 1.807) is 0 Å².